The Kier molecular flexibility index (Phi) is 13.0. The summed E-state index contributed by atoms with van der Waals surface area (Å²) < 4.78 is 8.81. The van der Waals surface area contributed by atoms with E-state index in [1.54, 1.807) is 17.8 Å². The minimum atomic E-state index is -4.08. The monoisotopic (exact) mass is 958 g/mol. The topological polar surface area (TPSA) is 0 Å². The number of hydrogen-bond acceptors (Lipinski definition) is 0. The third-order valence-corrected chi connectivity index (χ3v) is 33.7. The molecule has 0 nitrogen and oxygen atoms in total. The molecule has 6 heteroatoms. The van der Waals surface area contributed by atoms with E-state index in [0.717, 1.165) is 35.7 Å². The van der Waals surface area contributed by atoms with Gasteiger partial charge in [-0.2, -0.15) is 0 Å². The summed E-state index contributed by atoms with van der Waals surface area (Å²) in [5.41, 5.74) is 14.1. The largest absolute Gasteiger partial charge is 0.147 e. The van der Waals surface area contributed by atoms with Gasteiger partial charge in [0.2, 0.25) is 0 Å². The summed E-state index contributed by atoms with van der Waals surface area (Å²) in [5, 5.41) is 1.76. The summed E-state index contributed by atoms with van der Waals surface area (Å²) in [4.78, 5) is 0. The van der Waals surface area contributed by atoms with Gasteiger partial charge < -0.3 is 0 Å². The molecule has 0 fully saturated rings. The van der Waals surface area contributed by atoms with Crippen molar-refractivity contribution in [2.24, 2.45) is 0 Å². The van der Waals surface area contributed by atoms with Crippen LogP contribution in [0.25, 0.3) is 0 Å². The second kappa shape index (κ2) is 15.6. The van der Waals surface area contributed by atoms with Crippen LogP contribution in [0.4, 0.5) is 0 Å². The average Bonchev–Trinajstić information content (AvgIpc) is 3.44. The Bertz CT molecular complexity index is 1950. The van der Waals surface area contributed by atoms with Crippen molar-refractivity contribution in [2.45, 2.75) is 113 Å². The first-order valence-corrected chi connectivity index (χ1v) is 38.5. The van der Waals surface area contributed by atoms with Gasteiger partial charge in [0.1, 0.15) is 0 Å². The molecule has 4 aliphatic carbocycles. The minimum Gasteiger partial charge on any atom is -0.147 e. The Morgan fingerprint density at radius 3 is 1.33 bits per heavy atom. The molecular weight excluding hydrogens is 901 g/mol. The van der Waals surface area contributed by atoms with E-state index in [9.17, 15) is 0 Å². The molecule has 6 rings (SSSR count). The Morgan fingerprint density at radius 2 is 1.02 bits per heavy atom. The average molecular weight is 959 g/mol. The van der Waals surface area contributed by atoms with E-state index in [-0.39, 0.29) is 47.5 Å². The summed E-state index contributed by atoms with van der Waals surface area (Å²) in [7, 11) is 0. The Balaban J connectivity index is 0.00000302. The fourth-order valence-corrected chi connectivity index (χ4v) is 34.9. The van der Waals surface area contributed by atoms with E-state index in [1.807, 2.05) is 0 Å². The fourth-order valence-electron chi connectivity index (χ4n) is 9.18. The van der Waals surface area contributed by atoms with Gasteiger partial charge in [0, 0.05) is 0 Å². The first-order valence-electron chi connectivity index (χ1n) is 18.7. The third kappa shape index (κ3) is 7.83. The Hall–Kier alpha value is -1.39. The van der Waals surface area contributed by atoms with Crippen molar-refractivity contribution in [3.63, 3.8) is 0 Å². The van der Waals surface area contributed by atoms with E-state index >= 15 is 0 Å². The maximum absolute atomic E-state index is 7.00. The van der Waals surface area contributed by atoms with Crippen molar-refractivity contribution in [3.05, 3.63) is 157 Å². The van der Waals surface area contributed by atoms with Crippen molar-refractivity contribution in [1.29, 1.82) is 0 Å². The summed E-state index contributed by atoms with van der Waals surface area (Å²) in [5.74, 6) is 0.562. The molecule has 0 heterocycles. The number of rotatable bonds is 6. The van der Waals surface area contributed by atoms with Crippen LogP contribution in [0.1, 0.15) is 115 Å². The molecule has 0 aliphatic heterocycles. The van der Waals surface area contributed by atoms with Crippen LogP contribution in [0.5, 0.6) is 0 Å². The maximum atomic E-state index is 7.00. The Labute approximate surface area is 339 Å². The maximum Gasteiger partial charge on any atom is -0.147 e. The van der Waals surface area contributed by atoms with Crippen LogP contribution in [0, 0.1) is 0 Å². The van der Waals surface area contributed by atoms with Crippen LogP contribution in [-0.4, -0.2) is 6.94 Å². The molecule has 0 radical (unpaired) electrons. The van der Waals surface area contributed by atoms with Gasteiger partial charge in [0.15, 0.2) is 0 Å². The standard InChI is InChI=1S/2C22H24Cl.2CH3.2ClH.Hf.H2Si/c2*1-5-15-12-16-8-6-7-9-18(19(16)13-15)17-10-11-20(21(23)14-17)22(2,3)4;;;;;;/h2*6-8,10-11,13-14,18H,5,9H2,1-4H3;2*1H3;2*1H;;1H2. The molecule has 52 heavy (non-hydrogen) atoms. The molecule has 0 N–H and O–H groups in total. The van der Waals surface area contributed by atoms with E-state index in [2.05, 4.69) is 157 Å². The van der Waals surface area contributed by atoms with Crippen molar-refractivity contribution in [2.75, 3.05) is 0 Å². The van der Waals surface area contributed by atoms with E-state index in [1.165, 1.54) is 44.5 Å². The first-order chi connectivity index (χ1) is 23.4. The number of fused-ring (bicyclic) bond motifs is 2. The number of halogens is 4. The molecule has 0 spiro atoms. The van der Waals surface area contributed by atoms with Gasteiger partial charge in [-0.3, -0.25) is 0 Å². The number of benzene rings is 2. The molecule has 2 aromatic rings. The van der Waals surface area contributed by atoms with Crippen LogP contribution in [0.3, 0.4) is 0 Å². The van der Waals surface area contributed by atoms with Crippen LogP contribution in [0.2, 0.25) is 19.4 Å². The van der Waals surface area contributed by atoms with E-state index in [4.69, 9.17) is 23.2 Å². The zero-order chi connectivity index (χ0) is 36.4. The smallest absolute Gasteiger partial charge is 0.147 e. The zero-order valence-electron chi connectivity index (χ0n) is 32.8. The van der Waals surface area contributed by atoms with Gasteiger partial charge >= 0.3 is 318 Å². The molecule has 0 amide bonds. The summed E-state index contributed by atoms with van der Waals surface area (Å²) in [6, 6.07) is 13.7. The van der Waals surface area contributed by atoms with Crippen LogP contribution < -0.4 is 0 Å². The predicted molar refractivity (Wildman–Crippen MR) is 235 cm³/mol. The summed E-state index contributed by atoms with van der Waals surface area (Å²) >= 11 is 9.92. The van der Waals surface area contributed by atoms with E-state index in [0.29, 0.717) is 0 Å². The molecule has 2 unspecified atom stereocenters. The SMILES string of the molecule is CCC1=[C]([Hf]([CH3])([CH3])(=[SiH2])[C]2=C(CC)C=C3C2=CC=CCC3c2ccc(C(C)(C)C)c(Cl)c2)C2=CC=CCC(c3ccc(C(C)(C)C)c(Cl)c3)C2=C1.Cl.Cl. The van der Waals surface area contributed by atoms with Crippen molar-refractivity contribution in [1.82, 2.24) is 0 Å². The van der Waals surface area contributed by atoms with Crippen LogP contribution in [-0.2, 0) is 28.0 Å². The molecule has 2 aromatic carbocycles. The van der Waals surface area contributed by atoms with Gasteiger partial charge in [0.25, 0.3) is 0 Å². The van der Waals surface area contributed by atoms with Crippen molar-refractivity contribution < 1.29 is 17.1 Å². The van der Waals surface area contributed by atoms with Gasteiger partial charge in [-0.1, -0.05) is 0 Å². The van der Waals surface area contributed by atoms with Gasteiger partial charge in [-0.25, -0.2) is 0 Å². The molecule has 0 aromatic heterocycles. The molecular formula is C46H58Cl4HfSi. The molecule has 0 saturated heterocycles. The normalized spacial score (nSPS) is 20.6. The molecule has 278 valence electrons. The zero-order valence-corrected chi connectivity index (χ0v) is 41.0. The molecule has 2 atom stereocenters. The fraction of sp³-hybridized carbons (Fsp3) is 0.391. The molecule has 0 saturated carbocycles. The first kappa shape index (κ1) is 43.3. The third-order valence-electron chi connectivity index (χ3n) is 11.5. The quantitative estimate of drug-likeness (QED) is 0.253. The van der Waals surface area contributed by atoms with Crippen LogP contribution in [0.15, 0.2) is 125 Å². The summed E-state index contributed by atoms with van der Waals surface area (Å²) in [6.07, 6.45) is 23.5. The minimum absolute atomic E-state index is 0. The van der Waals surface area contributed by atoms with Gasteiger partial charge in [0.05, 0.1) is 0 Å². The van der Waals surface area contributed by atoms with E-state index < -0.39 is 17.1 Å². The van der Waals surface area contributed by atoms with Gasteiger partial charge in [-0.15, -0.1) is 24.8 Å². The summed E-state index contributed by atoms with van der Waals surface area (Å²) in [6.45, 7) is 20.6. The molecule has 4 aliphatic rings. The Morgan fingerprint density at radius 1 is 0.654 bits per heavy atom. The van der Waals surface area contributed by atoms with Crippen molar-refractivity contribution in [3.8, 4) is 0 Å². The number of hydrogen-bond donors (Lipinski definition) is 0. The second-order valence-corrected chi connectivity index (χ2v) is 59.0. The van der Waals surface area contributed by atoms with Gasteiger partial charge in [-0.05, 0) is 0 Å². The van der Waals surface area contributed by atoms with Crippen molar-refractivity contribution >= 4 is 55.0 Å². The molecule has 0 bridgehead atoms. The second-order valence-electron chi connectivity index (χ2n) is 18.0. The predicted octanol–water partition coefficient (Wildman–Crippen LogP) is 14.6. The van der Waals surface area contributed by atoms with Crippen LogP contribution >= 0.6 is 48.0 Å². The number of allylic oxidation sites excluding steroid dienone is 16.